The minimum absolute atomic E-state index is 0.176. The van der Waals surface area contributed by atoms with Crippen molar-refractivity contribution in [2.24, 2.45) is 10.7 Å². The van der Waals surface area contributed by atoms with Gasteiger partial charge in [-0.25, -0.2) is 4.98 Å². The quantitative estimate of drug-likeness (QED) is 0.178. The van der Waals surface area contributed by atoms with Crippen LogP contribution in [0.15, 0.2) is 65.7 Å². The number of halogens is 1. The Morgan fingerprint density at radius 3 is 2.51 bits per heavy atom. The SMILES string of the molecule is CCN(CC)Cc1cc(Nc2cc(C)nc(/N=C(\N)Nc3ccc(Cl)c4ccccc34)n2)ccc1OC. The fourth-order valence-corrected chi connectivity index (χ4v) is 4.36. The van der Waals surface area contributed by atoms with E-state index in [0.717, 1.165) is 58.8 Å². The van der Waals surface area contributed by atoms with E-state index in [-0.39, 0.29) is 11.9 Å². The van der Waals surface area contributed by atoms with Gasteiger partial charge in [0.25, 0.3) is 5.95 Å². The molecule has 1 heterocycles. The normalized spacial score (nSPS) is 11.7. The van der Waals surface area contributed by atoms with E-state index in [2.05, 4.69) is 50.4 Å². The molecule has 0 spiro atoms. The summed E-state index contributed by atoms with van der Waals surface area (Å²) in [5.41, 5.74) is 9.79. The fourth-order valence-electron chi connectivity index (χ4n) is 4.13. The van der Waals surface area contributed by atoms with E-state index >= 15 is 0 Å². The van der Waals surface area contributed by atoms with Crippen LogP contribution in [0.2, 0.25) is 5.02 Å². The van der Waals surface area contributed by atoms with Crippen molar-refractivity contribution in [1.29, 1.82) is 0 Å². The van der Waals surface area contributed by atoms with Gasteiger partial charge in [0.15, 0.2) is 0 Å². The third-order valence-corrected chi connectivity index (χ3v) is 6.37. The van der Waals surface area contributed by atoms with E-state index in [1.54, 1.807) is 7.11 Å². The Labute approximate surface area is 222 Å². The van der Waals surface area contributed by atoms with Crippen LogP contribution in [0.3, 0.4) is 0 Å². The summed E-state index contributed by atoms with van der Waals surface area (Å²) < 4.78 is 5.58. The van der Waals surface area contributed by atoms with Crippen molar-refractivity contribution in [3.05, 3.63) is 76.9 Å². The highest BCUT2D eigenvalue weighted by atomic mass is 35.5. The highest BCUT2D eigenvalue weighted by Crippen LogP contribution is 2.30. The van der Waals surface area contributed by atoms with E-state index < -0.39 is 0 Å². The van der Waals surface area contributed by atoms with Gasteiger partial charge >= 0.3 is 0 Å². The van der Waals surface area contributed by atoms with E-state index in [1.165, 1.54) is 0 Å². The number of rotatable bonds is 9. The molecule has 0 amide bonds. The lowest BCUT2D eigenvalue weighted by atomic mass is 10.1. The van der Waals surface area contributed by atoms with Gasteiger partial charge in [0.2, 0.25) is 5.96 Å². The highest BCUT2D eigenvalue weighted by molar-refractivity contribution is 6.36. The number of ether oxygens (including phenoxy) is 1. The number of aryl methyl sites for hydroxylation is 1. The lowest BCUT2D eigenvalue weighted by Gasteiger charge is -2.20. The van der Waals surface area contributed by atoms with Crippen LogP contribution >= 0.6 is 11.6 Å². The van der Waals surface area contributed by atoms with Gasteiger partial charge in [0.05, 0.1) is 7.11 Å². The smallest absolute Gasteiger partial charge is 0.254 e. The van der Waals surface area contributed by atoms with Gasteiger partial charge in [-0.1, -0.05) is 49.7 Å². The van der Waals surface area contributed by atoms with Crippen molar-refractivity contribution in [2.45, 2.75) is 27.3 Å². The molecule has 0 unspecified atom stereocenters. The molecule has 0 atom stereocenters. The summed E-state index contributed by atoms with van der Waals surface area (Å²) in [6, 6.07) is 19.4. The topological polar surface area (TPSA) is 101 Å². The van der Waals surface area contributed by atoms with Crippen molar-refractivity contribution in [1.82, 2.24) is 14.9 Å². The van der Waals surface area contributed by atoms with Crippen molar-refractivity contribution in [2.75, 3.05) is 30.8 Å². The first-order chi connectivity index (χ1) is 17.9. The molecular weight excluding hydrogens is 486 g/mol. The molecule has 1 aromatic heterocycles. The van der Waals surface area contributed by atoms with Gasteiger partial charge in [-0.05, 0) is 50.3 Å². The minimum Gasteiger partial charge on any atom is -0.496 e. The van der Waals surface area contributed by atoms with Gasteiger partial charge in [-0.3, -0.25) is 4.90 Å². The number of nitrogens with zero attached hydrogens (tertiary/aromatic N) is 4. The van der Waals surface area contributed by atoms with Crippen LogP contribution in [0.5, 0.6) is 5.75 Å². The Bertz CT molecular complexity index is 1420. The number of guanidine groups is 1. The van der Waals surface area contributed by atoms with Crippen molar-refractivity contribution in [3.63, 3.8) is 0 Å². The first-order valence-corrected chi connectivity index (χ1v) is 12.6. The lowest BCUT2D eigenvalue weighted by Crippen LogP contribution is -2.22. The third-order valence-electron chi connectivity index (χ3n) is 6.04. The summed E-state index contributed by atoms with van der Waals surface area (Å²) in [5, 5.41) is 9.07. The zero-order valence-electron chi connectivity index (χ0n) is 21.5. The van der Waals surface area contributed by atoms with E-state index in [4.69, 9.17) is 22.1 Å². The Balaban J connectivity index is 1.57. The number of nitrogens with one attached hydrogen (secondary N) is 2. The Morgan fingerprint density at radius 1 is 1.03 bits per heavy atom. The van der Waals surface area contributed by atoms with Crippen molar-refractivity contribution < 1.29 is 4.74 Å². The molecule has 37 heavy (non-hydrogen) atoms. The van der Waals surface area contributed by atoms with Crippen LogP contribution in [0, 0.1) is 6.92 Å². The lowest BCUT2D eigenvalue weighted by molar-refractivity contribution is 0.289. The molecule has 3 aromatic carbocycles. The maximum absolute atomic E-state index is 6.34. The molecule has 0 aliphatic rings. The summed E-state index contributed by atoms with van der Waals surface area (Å²) in [7, 11) is 1.69. The zero-order chi connectivity index (χ0) is 26.4. The Hall–Kier alpha value is -3.88. The second-order valence-electron chi connectivity index (χ2n) is 8.57. The number of benzene rings is 3. The summed E-state index contributed by atoms with van der Waals surface area (Å²) >= 11 is 6.34. The molecule has 0 bridgehead atoms. The van der Waals surface area contributed by atoms with Crippen molar-refractivity contribution >= 4 is 51.5 Å². The Kier molecular flexibility index (Phi) is 8.43. The van der Waals surface area contributed by atoms with Gasteiger partial charge in [0.1, 0.15) is 11.6 Å². The first kappa shape index (κ1) is 26.2. The van der Waals surface area contributed by atoms with E-state index in [9.17, 15) is 0 Å². The molecule has 192 valence electrons. The number of nitrogens with two attached hydrogens (primary N) is 1. The largest absolute Gasteiger partial charge is 0.496 e. The second kappa shape index (κ2) is 11.9. The maximum Gasteiger partial charge on any atom is 0.254 e. The van der Waals surface area contributed by atoms with Crippen LogP contribution < -0.4 is 21.1 Å². The van der Waals surface area contributed by atoms with E-state index in [1.807, 2.05) is 61.5 Å². The number of aromatic nitrogens is 2. The van der Waals surface area contributed by atoms with Crippen LogP contribution in [-0.4, -0.2) is 41.0 Å². The predicted molar refractivity (Wildman–Crippen MR) is 154 cm³/mol. The van der Waals surface area contributed by atoms with Gasteiger partial charge < -0.3 is 21.1 Å². The molecule has 0 fully saturated rings. The number of aliphatic imine (C=N–C) groups is 1. The summed E-state index contributed by atoms with van der Waals surface area (Å²) in [6.45, 7) is 8.92. The molecule has 0 aliphatic carbocycles. The fraction of sp³-hybridized carbons (Fsp3) is 0.250. The van der Waals surface area contributed by atoms with Gasteiger partial charge in [0, 0.05) is 51.0 Å². The third kappa shape index (κ3) is 6.47. The molecular formula is C28H32ClN7O. The van der Waals surface area contributed by atoms with Crippen molar-refractivity contribution in [3.8, 4) is 5.75 Å². The van der Waals surface area contributed by atoms with Crippen LogP contribution in [0.1, 0.15) is 25.1 Å². The molecule has 0 saturated carbocycles. The highest BCUT2D eigenvalue weighted by Gasteiger charge is 2.11. The molecule has 9 heteroatoms. The van der Waals surface area contributed by atoms with Crippen LogP contribution in [-0.2, 0) is 6.54 Å². The monoisotopic (exact) mass is 517 g/mol. The number of methoxy groups -OCH3 is 1. The van der Waals surface area contributed by atoms with Gasteiger partial charge in [-0.15, -0.1) is 0 Å². The van der Waals surface area contributed by atoms with E-state index in [0.29, 0.717) is 10.8 Å². The Morgan fingerprint density at radius 2 is 1.78 bits per heavy atom. The molecule has 0 radical (unpaired) electrons. The molecule has 4 aromatic rings. The average Bonchev–Trinajstić information content (AvgIpc) is 2.89. The first-order valence-electron chi connectivity index (χ1n) is 12.2. The number of hydrogen-bond acceptors (Lipinski definition) is 6. The molecule has 4 rings (SSSR count). The number of hydrogen-bond donors (Lipinski definition) is 3. The standard InChI is InChI=1S/C28H32ClN7O/c1-5-36(6-2)17-19-16-20(11-14-25(19)37-4)32-26-15-18(3)31-28(34-26)35-27(30)33-24-13-12-23(29)21-9-7-8-10-22(21)24/h7-16H,5-6,17H2,1-4H3,(H4,30,31,32,33,34,35). The molecule has 0 saturated heterocycles. The second-order valence-corrected chi connectivity index (χ2v) is 8.98. The molecule has 8 nitrogen and oxygen atoms in total. The van der Waals surface area contributed by atoms with Crippen LogP contribution in [0.4, 0.5) is 23.1 Å². The number of fused-ring (bicyclic) bond motifs is 1. The molecule has 4 N–H and O–H groups in total. The number of anilines is 3. The minimum atomic E-state index is 0.176. The predicted octanol–water partition coefficient (Wildman–Crippen LogP) is 6.24. The summed E-state index contributed by atoms with van der Waals surface area (Å²) in [5.74, 6) is 1.91. The van der Waals surface area contributed by atoms with Gasteiger partial charge in [-0.2, -0.15) is 9.98 Å². The summed E-state index contributed by atoms with van der Waals surface area (Å²) in [6.07, 6.45) is 0. The van der Waals surface area contributed by atoms with Crippen LogP contribution in [0.25, 0.3) is 10.8 Å². The average molecular weight is 518 g/mol. The maximum atomic E-state index is 6.34. The summed E-state index contributed by atoms with van der Waals surface area (Å²) in [4.78, 5) is 15.7. The molecule has 0 aliphatic heterocycles. The zero-order valence-corrected chi connectivity index (χ0v) is 22.3.